The second kappa shape index (κ2) is 3.78. The summed E-state index contributed by atoms with van der Waals surface area (Å²) in [5.41, 5.74) is 0. The Morgan fingerprint density at radius 2 is 1.92 bits per heavy atom. The van der Waals surface area contributed by atoms with E-state index in [1.165, 1.54) is 38.5 Å². The van der Waals surface area contributed by atoms with Crippen molar-refractivity contribution in [3.05, 3.63) is 0 Å². The Bertz CT molecular complexity index is 138. The van der Waals surface area contributed by atoms with Crippen LogP contribution in [0.1, 0.15) is 45.4 Å². The highest BCUT2D eigenvalue weighted by molar-refractivity contribution is 4.87. The van der Waals surface area contributed by atoms with Crippen LogP contribution >= 0.6 is 0 Å². The molecular weight excluding hydrogens is 146 g/mol. The molecule has 0 bridgehead atoms. The van der Waals surface area contributed by atoms with E-state index in [-0.39, 0.29) is 0 Å². The first kappa shape index (κ1) is 8.55. The normalized spacial score (nSPS) is 36.8. The molecule has 0 heterocycles. The molecule has 0 spiro atoms. The second-order valence-electron chi connectivity index (χ2n) is 4.52. The van der Waals surface area contributed by atoms with Crippen molar-refractivity contribution >= 4 is 0 Å². The zero-order valence-electron chi connectivity index (χ0n) is 8.18. The molecule has 2 aliphatic rings. The fourth-order valence-corrected chi connectivity index (χ4v) is 2.70. The van der Waals surface area contributed by atoms with Gasteiger partial charge in [-0.1, -0.05) is 19.8 Å². The SMILES string of the molecule is CCNC1CCCC(C2CC2)C1. The molecule has 0 aromatic carbocycles. The minimum atomic E-state index is 0.856. The molecule has 0 aliphatic heterocycles. The predicted molar refractivity (Wildman–Crippen MR) is 52.1 cm³/mol. The monoisotopic (exact) mass is 167 g/mol. The van der Waals surface area contributed by atoms with Crippen LogP contribution in [0.5, 0.6) is 0 Å². The van der Waals surface area contributed by atoms with Gasteiger partial charge >= 0.3 is 0 Å². The Labute approximate surface area is 75.9 Å². The van der Waals surface area contributed by atoms with E-state index in [0.29, 0.717) is 0 Å². The Kier molecular flexibility index (Phi) is 2.69. The largest absolute Gasteiger partial charge is 0.314 e. The molecule has 12 heavy (non-hydrogen) atoms. The molecule has 2 rings (SSSR count). The van der Waals surface area contributed by atoms with Crippen molar-refractivity contribution in [2.45, 2.75) is 51.5 Å². The van der Waals surface area contributed by atoms with Crippen molar-refractivity contribution in [3.63, 3.8) is 0 Å². The van der Waals surface area contributed by atoms with E-state index in [2.05, 4.69) is 12.2 Å². The standard InChI is InChI=1S/C11H21N/c1-2-12-11-5-3-4-10(8-11)9-6-7-9/h9-12H,2-8H2,1H3. The highest BCUT2D eigenvalue weighted by Crippen LogP contribution is 2.43. The lowest BCUT2D eigenvalue weighted by atomic mass is 9.83. The maximum atomic E-state index is 3.60. The average molecular weight is 167 g/mol. The number of hydrogen-bond acceptors (Lipinski definition) is 1. The summed E-state index contributed by atoms with van der Waals surface area (Å²) in [5.74, 6) is 2.22. The van der Waals surface area contributed by atoms with E-state index < -0.39 is 0 Å². The topological polar surface area (TPSA) is 12.0 Å². The molecule has 0 saturated heterocycles. The molecule has 2 fully saturated rings. The quantitative estimate of drug-likeness (QED) is 0.681. The molecule has 1 nitrogen and oxygen atoms in total. The molecule has 1 heteroatoms. The van der Waals surface area contributed by atoms with Crippen LogP contribution in [0.3, 0.4) is 0 Å². The molecule has 0 aromatic heterocycles. The Morgan fingerprint density at radius 3 is 2.58 bits per heavy atom. The fourth-order valence-electron chi connectivity index (χ4n) is 2.70. The lowest BCUT2D eigenvalue weighted by Gasteiger charge is -2.29. The second-order valence-corrected chi connectivity index (χ2v) is 4.52. The van der Waals surface area contributed by atoms with Gasteiger partial charge in [0.25, 0.3) is 0 Å². The highest BCUT2D eigenvalue weighted by Gasteiger charge is 2.34. The number of rotatable bonds is 3. The molecule has 0 amide bonds. The van der Waals surface area contributed by atoms with Gasteiger partial charge in [0.1, 0.15) is 0 Å². The molecule has 2 aliphatic carbocycles. The van der Waals surface area contributed by atoms with Gasteiger partial charge in [-0.3, -0.25) is 0 Å². The predicted octanol–water partition coefficient (Wildman–Crippen LogP) is 2.56. The van der Waals surface area contributed by atoms with Crippen molar-refractivity contribution in [2.24, 2.45) is 11.8 Å². The summed E-state index contributed by atoms with van der Waals surface area (Å²) in [6, 6.07) is 0.856. The average Bonchev–Trinajstić information content (AvgIpc) is 2.88. The minimum absolute atomic E-state index is 0.856. The van der Waals surface area contributed by atoms with Gasteiger partial charge < -0.3 is 5.32 Å². The van der Waals surface area contributed by atoms with Gasteiger partial charge in [0.2, 0.25) is 0 Å². The summed E-state index contributed by atoms with van der Waals surface area (Å²) in [7, 11) is 0. The molecule has 2 unspecified atom stereocenters. The van der Waals surface area contributed by atoms with Crippen LogP contribution in [0.15, 0.2) is 0 Å². The third-order valence-electron chi connectivity index (χ3n) is 3.50. The van der Waals surface area contributed by atoms with E-state index in [0.717, 1.165) is 24.4 Å². The first-order chi connectivity index (χ1) is 5.90. The smallest absolute Gasteiger partial charge is 0.00696 e. The Hall–Kier alpha value is -0.0400. The fraction of sp³-hybridized carbons (Fsp3) is 1.00. The van der Waals surface area contributed by atoms with Crippen LogP contribution < -0.4 is 5.32 Å². The summed E-state index contributed by atoms with van der Waals surface area (Å²) in [5, 5.41) is 3.60. The molecule has 0 radical (unpaired) electrons. The highest BCUT2D eigenvalue weighted by atomic mass is 14.9. The van der Waals surface area contributed by atoms with Crippen molar-refractivity contribution < 1.29 is 0 Å². The zero-order valence-corrected chi connectivity index (χ0v) is 8.18. The van der Waals surface area contributed by atoms with Crippen LogP contribution in [-0.4, -0.2) is 12.6 Å². The molecule has 70 valence electrons. The zero-order chi connectivity index (χ0) is 8.39. The van der Waals surface area contributed by atoms with Crippen LogP contribution in [0.25, 0.3) is 0 Å². The molecular formula is C11H21N. The molecule has 2 saturated carbocycles. The van der Waals surface area contributed by atoms with E-state index in [1.807, 2.05) is 0 Å². The maximum Gasteiger partial charge on any atom is 0.00696 e. The molecule has 1 N–H and O–H groups in total. The number of hydrogen-bond donors (Lipinski definition) is 1. The van der Waals surface area contributed by atoms with Crippen molar-refractivity contribution in [1.29, 1.82) is 0 Å². The third-order valence-corrected chi connectivity index (χ3v) is 3.50. The van der Waals surface area contributed by atoms with Crippen LogP contribution in [-0.2, 0) is 0 Å². The van der Waals surface area contributed by atoms with Gasteiger partial charge in [-0.2, -0.15) is 0 Å². The maximum absolute atomic E-state index is 3.60. The molecule has 0 aromatic rings. The van der Waals surface area contributed by atoms with E-state index in [1.54, 1.807) is 0 Å². The van der Waals surface area contributed by atoms with Crippen LogP contribution in [0.4, 0.5) is 0 Å². The van der Waals surface area contributed by atoms with Gasteiger partial charge in [-0.25, -0.2) is 0 Å². The van der Waals surface area contributed by atoms with E-state index in [4.69, 9.17) is 0 Å². The summed E-state index contributed by atoms with van der Waals surface area (Å²) in [6.07, 6.45) is 8.95. The summed E-state index contributed by atoms with van der Waals surface area (Å²) >= 11 is 0. The van der Waals surface area contributed by atoms with Gasteiger partial charge in [0.05, 0.1) is 0 Å². The first-order valence-electron chi connectivity index (χ1n) is 5.63. The minimum Gasteiger partial charge on any atom is -0.314 e. The summed E-state index contributed by atoms with van der Waals surface area (Å²) in [6.45, 7) is 3.38. The molecule has 2 atom stereocenters. The number of nitrogens with one attached hydrogen (secondary N) is 1. The van der Waals surface area contributed by atoms with Gasteiger partial charge in [-0.15, -0.1) is 0 Å². The van der Waals surface area contributed by atoms with Crippen LogP contribution in [0.2, 0.25) is 0 Å². The van der Waals surface area contributed by atoms with E-state index >= 15 is 0 Å². The Morgan fingerprint density at radius 1 is 1.08 bits per heavy atom. The van der Waals surface area contributed by atoms with Crippen molar-refractivity contribution in [3.8, 4) is 0 Å². The lowest BCUT2D eigenvalue weighted by molar-refractivity contribution is 0.264. The van der Waals surface area contributed by atoms with Crippen molar-refractivity contribution in [2.75, 3.05) is 6.54 Å². The van der Waals surface area contributed by atoms with Gasteiger partial charge in [-0.05, 0) is 44.1 Å². The summed E-state index contributed by atoms with van der Waals surface area (Å²) < 4.78 is 0. The Balaban J connectivity index is 1.77. The summed E-state index contributed by atoms with van der Waals surface area (Å²) in [4.78, 5) is 0. The van der Waals surface area contributed by atoms with Crippen molar-refractivity contribution in [1.82, 2.24) is 5.32 Å². The van der Waals surface area contributed by atoms with E-state index in [9.17, 15) is 0 Å². The van der Waals surface area contributed by atoms with Gasteiger partial charge in [0.15, 0.2) is 0 Å². The lowest BCUT2D eigenvalue weighted by Crippen LogP contribution is -2.34. The van der Waals surface area contributed by atoms with Gasteiger partial charge in [0, 0.05) is 6.04 Å². The van der Waals surface area contributed by atoms with Crippen LogP contribution in [0, 0.1) is 11.8 Å². The first-order valence-corrected chi connectivity index (χ1v) is 5.63. The third kappa shape index (κ3) is 2.01.